The molecule has 0 aliphatic rings. The highest BCUT2D eigenvalue weighted by Crippen LogP contribution is 2.21. The second kappa shape index (κ2) is 9.71. The summed E-state index contributed by atoms with van der Waals surface area (Å²) in [5, 5.41) is 0. The quantitative estimate of drug-likeness (QED) is 0.439. The molecule has 2 rings (SSSR count). The van der Waals surface area contributed by atoms with Gasteiger partial charge in [-0.3, -0.25) is 4.79 Å². The molecular formula is C20H24BrNO5. The third-order valence-electron chi connectivity index (χ3n) is 4.15. The first-order chi connectivity index (χ1) is 12.8. The fraction of sp³-hybridized carbons (Fsp3) is 0.400. The van der Waals surface area contributed by atoms with Crippen molar-refractivity contribution < 1.29 is 23.8 Å². The van der Waals surface area contributed by atoms with Crippen molar-refractivity contribution >= 4 is 27.7 Å². The maximum atomic E-state index is 12.5. The maximum absolute atomic E-state index is 12.5. The van der Waals surface area contributed by atoms with E-state index in [2.05, 4.69) is 20.5 Å². The van der Waals surface area contributed by atoms with Crippen molar-refractivity contribution in [1.82, 2.24) is 4.57 Å². The van der Waals surface area contributed by atoms with Gasteiger partial charge in [-0.2, -0.15) is 0 Å². The molecule has 1 aromatic heterocycles. The van der Waals surface area contributed by atoms with Crippen LogP contribution in [0.2, 0.25) is 0 Å². The molecule has 1 atom stereocenters. The average Bonchev–Trinajstić information content (AvgIpc) is 2.92. The fourth-order valence-electron chi connectivity index (χ4n) is 3.02. The summed E-state index contributed by atoms with van der Waals surface area (Å²) in [4.78, 5) is 24.3. The van der Waals surface area contributed by atoms with Gasteiger partial charge in [0.25, 0.3) is 0 Å². The molecule has 0 saturated heterocycles. The second-order valence-corrected chi connectivity index (χ2v) is 7.20. The number of methoxy groups -OCH3 is 1. The van der Waals surface area contributed by atoms with Crippen molar-refractivity contribution in [2.75, 3.05) is 26.9 Å². The number of ketones is 1. The highest BCUT2D eigenvalue weighted by molar-refractivity contribution is 9.10. The summed E-state index contributed by atoms with van der Waals surface area (Å²) in [6.45, 7) is 5.82. The number of carbonyl (C=O) groups is 2. The fourth-order valence-corrected chi connectivity index (χ4v) is 3.40. The molecule has 146 valence electrons. The standard InChI is InChI=1S/C20H24BrNO5/c1-13-8-18(15(3)22(13)14(2)10-25-4)19(23)11-27-20(24)12-26-17-7-5-6-16(21)9-17/h5-9,14H,10-12H2,1-4H3. The van der Waals surface area contributed by atoms with Crippen molar-refractivity contribution in [2.24, 2.45) is 0 Å². The Labute approximate surface area is 167 Å². The first kappa shape index (κ1) is 21.2. The zero-order chi connectivity index (χ0) is 20.0. The Morgan fingerprint density at radius 3 is 2.59 bits per heavy atom. The Bertz CT molecular complexity index is 815. The van der Waals surface area contributed by atoms with E-state index in [1.807, 2.05) is 32.9 Å². The van der Waals surface area contributed by atoms with Crippen molar-refractivity contribution in [2.45, 2.75) is 26.8 Å². The van der Waals surface area contributed by atoms with Gasteiger partial charge in [0.2, 0.25) is 5.78 Å². The van der Waals surface area contributed by atoms with Crippen LogP contribution in [-0.4, -0.2) is 43.3 Å². The molecule has 27 heavy (non-hydrogen) atoms. The molecule has 2 aromatic rings. The van der Waals surface area contributed by atoms with Gasteiger partial charge in [-0.05, 0) is 45.0 Å². The lowest BCUT2D eigenvalue weighted by molar-refractivity contribution is -0.144. The lowest BCUT2D eigenvalue weighted by Crippen LogP contribution is -2.20. The molecule has 0 radical (unpaired) electrons. The van der Waals surface area contributed by atoms with Gasteiger partial charge in [0.1, 0.15) is 5.75 Å². The molecule has 0 fully saturated rings. The zero-order valence-electron chi connectivity index (χ0n) is 16.0. The van der Waals surface area contributed by atoms with E-state index in [-0.39, 0.29) is 25.0 Å². The van der Waals surface area contributed by atoms with Crippen molar-refractivity contribution in [3.05, 3.63) is 51.8 Å². The van der Waals surface area contributed by atoms with Gasteiger partial charge < -0.3 is 18.8 Å². The van der Waals surface area contributed by atoms with Crippen LogP contribution < -0.4 is 4.74 Å². The molecular weight excluding hydrogens is 414 g/mol. The summed E-state index contributed by atoms with van der Waals surface area (Å²) in [7, 11) is 1.65. The normalized spacial score (nSPS) is 11.9. The van der Waals surface area contributed by atoms with E-state index >= 15 is 0 Å². The molecule has 1 unspecified atom stereocenters. The summed E-state index contributed by atoms with van der Waals surface area (Å²) < 4.78 is 18.5. The number of Topliss-reactive ketones (excluding diaryl/α,β-unsaturated/α-hetero) is 1. The second-order valence-electron chi connectivity index (χ2n) is 6.29. The Morgan fingerprint density at radius 2 is 1.93 bits per heavy atom. The number of rotatable bonds is 9. The molecule has 0 N–H and O–H groups in total. The van der Waals surface area contributed by atoms with Gasteiger partial charge in [-0.25, -0.2) is 4.79 Å². The van der Waals surface area contributed by atoms with Crippen LogP contribution in [0.15, 0.2) is 34.8 Å². The van der Waals surface area contributed by atoms with E-state index in [4.69, 9.17) is 14.2 Å². The van der Waals surface area contributed by atoms with Crippen LogP contribution in [0, 0.1) is 13.8 Å². The molecule has 0 amide bonds. The number of hydrogen-bond donors (Lipinski definition) is 0. The summed E-state index contributed by atoms with van der Waals surface area (Å²) in [6.07, 6.45) is 0. The molecule has 0 aliphatic carbocycles. The Balaban J connectivity index is 1.91. The third kappa shape index (κ3) is 5.68. The van der Waals surface area contributed by atoms with Crippen LogP contribution in [0.25, 0.3) is 0 Å². The highest BCUT2D eigenvalue weighted by atomic mass is 79.9. The van der Waals surface area contributed by atoms with Gasteiger partial charge >= 0.3 is 5.97 Å². The Morgan fingerprint density at radius 1 is 1.19 bits per heavy atom. The lowest BCUT2D eigenvalue weighted by atomic mass is 10.1. The van der Waals surface area contributed by atoms with Crippen molar-refractivity contribution in [3.8, 4) is 5.75 Å². The van der Waals surface area contributed by atoms with Gasteiger partial charge in [0.15, 0.2) is 13.2 Å². The smallest absolute Gasteiger partial charge is 0.344 e. The van der Waals surface area contributed by atoms with E-state index in [1.54, 1.807) is 25.3 Å². The number of aromatic nitrogens is 1. The minimum atomic E-state index is -0.593. The average molecular weight is 438 g/mol. The predicted octanol–water partition coefficient (Wildman–Crippen LogP) is 3.88. The largest absolute Gasteiger partial charge is 0.482 e. The number of hydrogen-bond acceptors (Lipinski definition) is 5. The van der Waals surface area contributed by atoms with E-state index in [0.29, 0.717) is 17.9 Å². The number of esters is 1. The Kier molecular flexibility index (Phi) is 7.62. The number of nitrogens with zero attached hydrogens (tertiary/aromatic N) is 1. The first-order valence-electron chi connectivity index (χ1n) is 8.58. The van der Waals surface area contributed by atoms with Crippen LogP contribution in [0.3, 0.4) is 0 Å². The van der Waals surface area contributed by atoms with E-state index in [0.717, 1.165) is 15.9 Å². The number of benzene rings is 1. The molecule has 0 spiro atoms. The van der Waals surface area contributed by atoms with Crippen LogP contribution in [0.1, 0.15) is 34.7 Å². The number of halogens is 1. The van der Waals surface area contributed by atoms with E-state index in [1.165, 1.54) is 0 Å². The summed E-state index contributed by atoms with van der Waals surface area (Å²) in [6, 6.07) is 9.06. The van der Waals surface area contributed by atoms with Crippen LogP contribution in [0.4, 0.5) is 0 Å². The highest BCUT2D eigenvalue weighted by Gasteiger charge is 2.20. The van der Waals surface area contributed by atoms with Crippen molar-refractivity contribution in [3.63, 3.8) is 0 Å². The molecule has 0 aliphatic heterocycles. The van der Waals surface area contributed by atoms with Gasteiger partial charge in [-0.15, -0.1) is 0 Å². The van der Waals surface area contributed by atoms with Crippen LogP contribution in [0.5, 0.6) is 5.75 Å². The Hall–Kier alpha value is -2.12. The monoisotopic (exact) mass is 437 g/mol. The molecule has 0 saturated carbocycles. The van der Waals surface area contributed by atoms with Gasteiger partial charge in [0, 0.05) is 28.5 Å². The molecule has 0 bridgehead atoms. The summed E-state index contributed by atoms with van der Waals surface area (Å²) in [5.74, 6) is -0.289. The predicted molar refractivity (Wildman–Crippen MR) is 105 cm³/mol. The van der Waals surface area contributed by atoms with Gasteiger partial charge in [0.05, 0.1) is 12.6 Å². The van der Waals surface area contributed by atoms with Crippen molar-refractivity contribution in [1.29, 1.82) is 0 Å². The van der Waals surface area contributed by atoms with Crippen LogP contribution in [-0.2, 0) is 14.3 Å². The molecule has 1 heterocycles. The minimum Gasteiger partial charge on any atom is -0.482 e. The van der Waals surface area contributed by atoms with E-state index in [9.17, 15) is 9.59 Å². The van der Waals surface area contributed by atoms with Crippen LogP contribution >= 0.6 is 15.9 Å². The number of aryl methyl sites for hydroxylation is 1. The van der Waals surface area contributed by atoms with E-state index < -0.39 is 5.97 Å². The van der Waals surface area contributed by atoms with Gasteiger partial charge in [-0.1, -0.05) is 22.0 Å². The summed E-state index contributed by atoms with van der Waals surface area (Å²) in [5.41, 5.74) is 2.35. The minimum absolute atomic E-state index is 0.109. The SMILES string of the molecule is COCC(C)n1c(C)cc(C(=O)COC(=O)COc2cccc(Br)c2)c1C. The third-order valence-corrected chi connectivity index (χ3v) is 4.64. The molecule has 6 nitrogen and oxygen atoms in total. The zero-order valence-corrected chi connectivity index (χ0v) is 17.5. The lowest BCUT2D eigenvalue weighted by Gasteiger charge is -2.17. The number of carbonyl (C=O) groups excluding carboxylic acids is 2. The first-order valence-corrected chi connectivity index (χ1v) is 9.37. The summed E-state index contributed by atoms with van der Waals surface area (Å²) >= 11 is 3.33. The molecule has 7 heteroatoms. The molecule has 1 aromatic carbocycles. The number of ether oxygens (including phenoxy) is 3. The topological polar surface area (TPSA) is 66.8 Å². The maximum Gasteiger partial charge on any atom is 0.344 e.